The van der Waals surface area contributed by atoms with Crippen LogP contribution in [-0.2, 0) is 14.6 Å². The molecule has 1 N–H and O–H groups in total. The highest BCUT2D eigenvalue weighted by Crippen LogP contribution is 2.26. The van der Waals surface area contributed by atoms with Crippen molar-refractivity contribution in [3.8, 4) is 6.07 Å². The van der Waals surface area contributed by atoms with Gasteiger partial charge in [0.05, 0.1) is 17.4 Å². The first-order chi connectivity index (χ1) is 9.98. The minimum atomic E-state index is -3.38. The first kappa shape index (κ1) is 15.5. The molecule has 0 aromatic heterocycles. The lowest BCUT2D eigenvalue weighted by atomic mass is 10.1. The molecule has 0 heterocycles. The normalized spacial score (nSPS) is 15.6. The van der Waals surface area contributed by atoms with Crippen molar-refractivity contribution in [2.75, 3.05) is 16.8 Å². The molecule has 0 unspecified atom stereocenters. The number of anilines is 1. The fourth-order valence-electron chi connectivity index (χ4n) is 2.66. The van der Waals surface area contributed by atoms with Crippen LogP contribution in [0, 0.1) is 17.2 Å². The highest BCUT2D eigenvalue weighted by molar-refractivity contribution is 7.92. The molecule has 112 valence electrons. The monoisotopic (exact) mass is 306 g/mol. The zero-order valence-corrected chi connectivity index (χ0v) is 12.5. The number of hydrogen-bond acceptors (Lipinski definition) is 4. The van der Waals surface area contributed by atoms with Crippen LogP contribution in [0.25, 0.3) is 0 Å². The molecule has 1 fully saturated rings. The van der Waals surface area contributed by atoms with Crippen LogP contribution in [0.3, 0.4) is 0 Å². The van der Waals surface area contributed by atoms with E-state index in [1.165, 1.54) is 6.07 Å². The molecule has 0 spiro atoms. The summed E-state index contributed by atoms with van der Waals surface area (Å²) in [4.78, 5) is 11.8. The summed E-state index contributed by atoms with van der Waals surface area (Å²) in [6.45, 7) is 0. The van der Waals surface area contributed by atoms with Gasteiger partial charge in [-0.25, -0.2) is 8.42 Å². The number of carbonyl (C=O) groups is 1. The maximum Gasteiger partial charge on any atom is 0.239 e. The van der Waals surface area contributed by atoms with Gasteiger partial charge in [-0.05, 0) is 37.0 Å². The molecule has 0 atom stereocenters. The highest BCUT2D eigenvalue weighted by atomic mass is 32.2. The van der Waals surface area contributed by atoms with E-state index in [0.29, 0.717) is 11.3 Å². The fourth-order valence-corrected chi connectivity index (χ4v) is 4.30. The van der Waals surface area contributed by atoms with Crippen molar-refractivity contribution in [3.63, 3.8) is 0 Å². The lowest BCUT2D eigenvalue weighted by molar-refractivity contribution is -0.113. The van der Waals surface area contributed by atoms with Crippen molar-refractivity contribution in [1.29, 1.82) is 5.26 Å². The number of amides is 1. The molecule has 2 rings (SSSR count). The van der Waals surface area contributed by atoms with Gasteiger partial charge in [-0.2, -0.15) is 5.26 Å². The minimum Gasteiger partial charge on any atom is -0.325 e. The number of benzene rings is 1. The second-order valence-electron chi connectivity index (χ2n) is 5.45. The number of nitrogens with zero attached hydrogens (tertiary/aromatic N) is 1. The zero-order valence-electron chi connectivity index (χ0n) is 11.7. The maximum absolute atomic E-state index is 12.0. The molecule has 1 aromatic carbocycles. The van der Waals surface area contributed by atoms with Crippen molar-refractivity contribution in [2.45, 2.75) is 25.7 Å². The summed E-state index contributed by atoms with van der Waals surface area (Å²) >= 11 is 0. The Hall–Kier alpha value is -1.87. The summed E-state index contributed by atoms with van der Waals surface area (Å²) in [5, 5.41) is 11.3. The van der Waals surface area contributed by atoms with E-state index in [2.05, 4.69) is 5.32 Å². The van der Waals surface area contributed by atoms with Crippen molar-refractivity contribution >= 4 is 21.4 Å². The number of sulfone groups is 1. The van der Waals surface area contributed by atoms with Gasteiger partial charge >= 0.3 is 0 Å². The smallest absolute Gasteiger partial charge is 0.239 e. The molecule has 0 saturated heterocycles. The molecule has 21 heavy (non-hydrogen) atoms. The first-order valence-corrected chi connectivity index (χ1v) is 8.81. The molecule has 1 amide bonds. The number of nitriles is 1. The van der Waals surface area contributed by atoms with Crippen LogP contribution in [0.1, 0.15) is 31.2 Å². The van der Waals surface area contributed by atoms with E-state index in [0.717, 1.165) is 25.7 Å². The summed E-state index contributed by atoms with van der Waals surface area (Å²) < 4.78 is 24.0. The number of hydrogen-bond donors (Lipinski definition) is 1. The molecule has 1 saturated carbocycles. The molecule has 6 heteroatoms. The minimum absolute atomic E-state index is 0.0959. The summed E-state index contributed by atoms with van der Waals surface area (Å²) in [6, 6.07) is 8.37. The zero-order chi connectivity index (χ0) is 15.3. The number of nitrogens with one attached hydrogen (secondary N) is 1. The molecule has 0 aliphatic heterocycles. The molecule has 1 aliphatic carbocycles. The van der Waals surface area contributed by atoms with Crippen LogP contribution >= 0.6 is 0 Å². The van der Waals surface area contributed by atoms with Gasteiger partial charge in [0.15, 0.2) is 9.84 Å². The Balaban J connectivity index is 1.92. The second kappa shape index (κ2) is 6.72. The topological polar surface area (TPSA) is 87.0 Å². The molecule has 1 aliphatic rings. The molecular formula is C15H18N2O3S. The van der Waals surface area contributed by atoms with Gasteiger partial charge in [0.2, 0.25) is 5.91 Å². The predicted octanol–water partition coefficient (Wildman–Crippen LogP) is 2.10. The van der Waals surface area contributed by atoms with Crippen LogP contribution < -0.4 is 5.32 Å². The first-order valence-electron chi connectivity index (χ1n) is 6.99. The average Bonchev–Trinajstić information content (AvgIpc) is 2.90. The van der Waals surface area contributed by atoms with Crippen LogP contribution in [-0.4, -0.2) is 25.8 Å². The van der Waals surface area contributed by atoms with Crippen LogP contribution in [0.2, 0.25) is 0 Å². The van der Waals surface area contributed by atoms with Crippen LogP contribution in [0.5, 0.6) is 0 Å². The molecule has 1 aromatic rings. The van der Waals surface area contributed by atoms with Crippen LogP contribution in [0.4, 0.5) is 5.69 Å². The molecular weight excluding hydrogens is 288 g/mol. The van der Waals surface area contributed by atoms with E-state index < -0.39 is 21.5 Å². The summed E-state index contributed by atoms with van der Waals surface area (Å²) in [7, 11) is -3.38. The Bertz CT molecular complexity index is 656. The van der Waals surface area contributed by atoms with Crippen molar-refractivity contribution < 1.29 is 13.2 Å². The third-order valence-electron chi connectivity index (χ3n) is 3.59. The van der Waals surface area contributed by atoms with Crippen LogP contribution in [0.15, 0.2) is 24.3 Å². The summed E-state index contributed by atoms with van der Waals surface area (Å²) in [5.74, 6) is -0.758. The van der Waals surface area contributed by atoms with Gasteiger partial charge < -0.3 is 5.32 Å². The molecule has 0 bridgehead atoms. The van der Waals surface area contributed by atoms with E-state index in [-0.39, 0.29) is 11.7 Å². The fraction of sp³-hybridized carbons (Fsp3) is 0.467. The Morgan fingerprint density at radius 1 is 1.33 bits per heavy atom. The summed E-state index contributed by atoms with van der Waals surface area (Å²) in [6.07, 6.45) is 4.02. The average molecular weight is 306 g/mol. The van der Waals surface area contributed by atoms with E-state index in [1.807, 2.05) is 6.07 Å². The van der Waals surface area contributed by atoms with Gasteiger partial charge in [0.1, 0.15) is 5.75 Å². The van der Waals surface area contributed by atoms with Gasteiger partial charge in [0, 0.05) is 5.69 Å². The standard InChI is InChI=1S/C15H18N2O3S/c16-9-13-6-3-7-14(8-13)17-15(18)11-21(19,20)10-12-4-1-2-5-12/h3,6-8,12H,1-2,4-5,10-11H2,(H,17,18). The van der Waals surface area contributed by atoms with E-state index in [4.69, 9.17) is 5.26 Å². The van der Waals surface area contributed by atoms with E-state index in [9.17, 15) is 13.2 Å². The summed E-state index contributed by atoms with van der Waals surface area (Å²) in [5.41, 5.74) is 0.858. The Labute approximate surface area is 124 Å². The van der Waals surface area contributed by atoms with Crippen molar-refractivity contribution in [2.24, 2.45) is 5.92 Å². The van der Waals surface area contributed by atoms with E-state index >= 15 is 0 Å². The lowest BCUT2D eigenvalue weighted by Crippen LogP contribution is -2.26. The Kier molecular flexibility index (Phi) is 4.97. The Morgan fingerprint density at radius 3 is 2.71 bits per heavy atom. The van der Waals surface area contributed by atoms with E-state index in [1.54, 1.807) is 18.2 Å². The van der Waals surface area contributed by atoms with Gasteiger partial charge in [-0.1, -0.05) is 18.9 Å². The SMILES string of the molecule is N#Cc1cccc(NC(=O)CS(=O)(=O)CC2CCCC2)c1. The molecule has 0 radical (unpaired) electrons. The third-order valence-corrected chi connectivity index (χ3v) is 5.27. The predicted molar refractivity (Wildman–Crippen MR) is 80.4 cm³/mol. The van der Waals surface area contributed by atoms with Gasteiger partial charge in [-0.15, -0.1) is 0 Å². The highest BCUT2D eigenvalue weighted by Gasteiger charge is 2.24. The lowest BCUT2D eigenvalue weighted by Gasteiger charge is -2.10. The Morgan fingerprint density at radius 2 is 2.05 bits per heavy atom. The molecule has 5 nitrogen and oxygen atoms in total. The second-order valence-corrected chi connectivity index (χ2v) is 7.55. The number of rotatable bonds is 5. The third kappa shape index (κ3) is 4.87. The largest absolute Gasteiger partial charge is 0.325 e. The number of carbonyl (C=O) groups excluding carboxylic acids is 1. The van der Waals surface area contributed by atoms with Crippen molar-refractivity contribution in [1.82, 2.24) is 0 Å². The van der Waals surface area contributed by atoms with Crippen molar-refractivity contribution in [3.05, 3.63) is 29.8 Å². The quantitative estimate of drug-likeness (QED) is 0.902. The van der Waals surface area contributed by atoms with Gasteiger partial charge in [0.25, 0.3) is 0 Å². The maximum atomic E-state index is 12.0. The van der Waals surface area contributed by atoms with Gasteiger partial charge in [-0.3, -0.25) is 4.79 Å².